The van der Waals surface area contributed by atoms with Crippen molar-refractivity contribution >= 4 is 27.5 Å². The highest BCUT2D eigenvalue weighted by atomic mass is 32.2. The third-order valence-electron chi connectivity index (χ3n) is 4.28. The molecule has 0 unspecified atom stereocenters. The Morgan fingerprint density at radius 1 is 1.10 bits per heavy atom. The van der Waals surface area contributed by atoms with Crippen LogP contribution in [-0.2, 0) is 14.8 Å². The maximum Gasteiger partial charge on any atom is 0.254 e. The topological polar surface area (TPSA) is 95.6 Å². The van der Waals surface area contributed by atoms with Gasteiger partial charge in [0.1, 0.15) is 0 Å². The van der Waals surface area contributed by atoms with E-state index in [2.05, 4.69) is 16.6 Å². The van der Waals surface area contributed by atoms with Gasteiger partial charge in [-0.1, -0.05) is 30.3 Å². The Kier molecular flexibility index (Phi) is 7.30. The second kappa shape index (κ2) is 9.49. The second-order valence-corrected chi connectivity index (χ2v) is 8.41. The third-order valence-corrected chi connectivity index (χ3v) is 5.70. The van der Waals surface area contributed by atoms with Gasteiger partial charge in [0.2, 0.25) is 15.9 Å². The minimum Gasteiger partial charge on any atom is -0.332 e. The molecule has 2 rings (SSSR count). The molecule has 0 spiro atoms. The third kappa shape index (κ3) is 5.75. The predicted octanol–water partition coefficient (Wildman–Crippen LogP) is 2.48. The number of rotatable bonds is 8. The first-order chi connectivity index (χ1) is 13.7. The van der Waals surface area contributed by atoms with Gasteiger partial charge >= 0.3 is 0 Å². The summed E-state index contributed by atoms with van der Waals surface area (Å²) in [5.74, 6) is -0.794. The maximum atomic E-state index is 12.7. The van der Waals surface area contributed by atoms with Crippen molar-refractivity contribution in [1.29, 1.82) is 0 Å². The van der Waals surface area contributed by atoms with Gasteiger partial charge < -0.3 is 10.2 Å². The lowest BCUT2D eigenvalue weighted by Crippen LogP contribution is -2.35. The zero-order valence-corrected chi connectivity index (χ0v) is 17.5. The van der Waals surface area contributed by atoms with Crippen LogP contribution in [0.2, 0.25) is 0 Å². The number of likely N-dealkylation sites (N-methyl/N-ethyl adjacent to an activating group) is 1. The van der Waals surface area contributed by atoms with Crippen molar-refractivity contribution in [2.24, 2.45) is 0 Å². The highest BCUT2D eigenvalue weighted by molar-refractivity contribution is 7.89. The van der Waals surface area contributed by atoms with Crippen LogP contribution >= 0.6 is 0 Å². The van der Waals surface area contributed by atoms with Gasteiger partial charge in [0.15, 0.2) is 0 Å². The fraction of sp³-hybridized carbons (Fsp3) is 0.238. The number of carbonyl (C=O) groups excluding carboxylic acids is 2. The second-order valence-electron chi connectivity index (χ2n) is 6.64. The van der Waals surface area contributed by atoms with Crippen LogP contribution in [0, 0.1) is 13.8 Å². The molecule has 154 valence electrons. The Bertz CT molecular complexity index is 1010. The normalized spacial score (nSPS) is 11.0. The van der Waals surface area contributed by atoms with E-state index in [-0.39, 0.29) is 29.5 Å². The standard InChI is InChI=1S/C21H25N3O4S/c1-5-12-22-29(27,28)18-11-7-10-17(13-18)21(26)24(4)14-19(25)23-20-15(2)8-6-9-16(20)3/h5-11,13,22H,1,12,14H2,2-4H3,(H,23,25). The van der Waals surface area contributed by atoms with Crippen molar-refractivity contribution in [2.75, 3.05) is 25.5 Å². The molecule has 0 aliphatic carbocycles. The Balaban J connectivity index is 2.11. The fourth-order valence-electron chi connectivity index (χ4n) is 2.75. The van der Waals surface area contributed by atoms with E-state index in [0.717, 1.165) is 16.8 Å². The van der Waals surface area contributed by atoms with Gasteiger partial charge in [0, 0.05) is 24.8 Å². The Hall–Kier alpha value is -2.97. The maximum absolute atomic E-state index is 12.7. The predicted molar refractivity (Wildman–Crippen MR) is 113 cm³/mol. The summed E-state index contributed by atoms with van der Waals surface area (Å²) in [6.07, 6.45) is 1.43. The van der Waals surface area contributed by atoms with Gasteiger partial charge in [-0.15, -0.1) is 6.58 Å². The zero-order valence-electron chi connectivity index (χ0n) is 16.7. The summed E-state index contributed by atoms with van der Waals surface area (Å²) in [5, 5.41) is 2.83. The summed E-state index contributed by atoms with van der Waals surface area (Å²) in [6.45, 7) is 7.17. The van der Waals surface area contributed by atoms with E-state index in [1.165, 1.54) is 42.3 Å². The molecule has 0 aliphatic heterocycles. The number of hydrogen-bond donors (Lipinski definition) is 2. The molecule has 0 saturated carbocycles. The number of benzene rings is 2. The molecule has 0 atom stereocenters. The average Bonchev–Trinajstić information content (AvgIpc) is 2.68. The number of hydrogen-bond acceptors (Lipinski definition) is 4. The van der Waals surface area contributed by atoms with E-state index in [9.17, 15) is 18.0 Å². The molecule has 2 aromatic rings. The average molecular weight is 416 g/mol. The monoisotopic (exact) mass is 415 g/mol. The van der Waals surface area contributed by atoms with Crippen molar-refractivity contribution in [3.63, 3.8) is 0 Å². The van der Waals surface area contributed by atoms with Gasteiger partial charge in [0.25, 0.3) is 5.91 Å². The van der Waals surface area contributed by atoms with E-state index in [1.807, 2.05) is 32.0 Å². The molecular weight excluding hydrogens is 390 g/mol. The molecule has 0 bridgehead atoms. The van der Waals surface area contributed by atoms with Crippen molar-refractivity contribution in [3.8, 4) is 0 Å². The minimum atomic E-state index is -3.75. The number of aryl methyl sites for hydroxylation is 2. The highest BCUT2D eigenvalue weighted by Crippen LogP contribution is 2.19. The molecule has 2 aromatic carbocycles. The van der Waals surface area contributed by atoms with Crippen molar-refractivity contribution in [2.45, 2.75) is 18.7 Å². The molecule has 2 amide bonds. The van der Waals surface area contributed by atoms with Crippen molar-refractivity contribution < 1.29 is 18.0 Å². The molecule has 0 saturated heterocycles. The summed E-state index contributed by atoms with van der Waals surface area (Å²) in [7, 11) is -2.26. The number of amides is 2. The zero-order chi connectivity index (χ0) is 21.6. The minimum absolute atomic E-state index is 0.0291. The molecule has 0 aliphatic rings. The highest BCUT2D eigenvalue weighted by Gasteiger charge is 2.19. The summed E-state index contributed by atoms with van der Waals surface area (Å²) in [6, 6.07) is 11.4. The number of anilines is 1. The summed E-state index contributed by atoms with van der Waals surface area (Å²) in [5.41, 5.74) is 2.75. The molecule has 0 radical (unpaired) electrons. The number of nitrogens with zero attached hydrogens (tertiary/aromatic N) is 1. The largest absolute Gasteiger partial charge is 0.332 e. The van der Waals surface area contributed by atoms with E-state index in [1.54, 1.807) is 0 Å². The van der Waals surface area contributed by atoms with E-state index < -0.39 is 15.9 Å². The lowest BCUT2D eigenvalue weighted by atomic mass is 10.1. The van der Waals surface area contributed by atoms with Gasteiger partial charge in [-0.05, 0) is 43.2 Å². The first-order valence-electron chi connectivity index (χ1n) is 8.98. The van der Waals surface area contributed by atoms with Crippen LogP contribution in [0.25, 0.3) is 0 Å². The van der Waals surface area contributed by atoms with E-state index in [0.29, 0.717) is 0 Å². The first-order valence-corrected chi connectivity index (χ1v) is 10.5. The van der Waals surface area contributed by atoms with Gasteiger partial charge in [-0.2, -0.15) is 0 Å². The van der Waals surface area contributed by atoms with Crippen LogP contribution in [-0.4, -0.2) is 45.3 Å². The van der Waals surface area contributed by atoms with Crippen LogP contribution in [0.1, 0.15) is 21.5 Å². The lowest BCUT2D eigenvalue weighted by Gasteiger charge is -2.18. The Morgan fingerprint density at radius 2 is 1.72 bits per heavy atom. The fourth-order valence-corrected chi connectivity index (χ4v) is 3.79. The molecule has 0 aromatic heterocycles. The van der Waals surface area contributed by atoms with Crippen LogP contribution in [0.4, 0.5) is 5.69 Å². The van der Waals surface area contributed by atoms with Gasteiger partial charge in [-0.3, -0.25) is 9.59 Å². The molecular formula is C21H25N3O4S. The van der Waals surface area contributed by atoms with Crippen LogP contribution in [0.3, 0.4) is 0 Å². The lowest BCUT2D eigenvalue weighted by molar-refractivity contribution is -0.116. The van der Waals surface area contributed by atoms with Crippen molar-refractivity contribution in [1.82, 2.24) is 9.62 Å². The molecule has 2 N–H and O–H groups in total. The van der Waals surface area contributed by atoms with Gasteiger partial charge in [0.05, 0.1) is 11.4 Å². The quantitative estimate of drug-likeness (QED) is 0.648. The Morgan fingerprint density at radius 3 is 2.34 bits per heavy atom. The number of nitrogens with one attached hydrogen (secondary N) is 2. The number of sulfonamides is 1. The summed E-state index contributed by atoms with van der Waals surface area (Å²) in [4.78, 5) is 26.3. The molecule has 29 heavy (non-hydrogen) atoms. The van der Waals surface area contributed by atoms with E-state index in [4.69, 9.17) is 0 Å². The van der Waals surface area contributed by atoms with E-state index >= 15 is 0 Å². The van der Waals surface area contributed by atoms with Crippen LogP contribution in [0.15, 0.2) is 60.0 Å². The molecule has 7 nitrogen and oxygen atoms in total. The molecule has 0 fully saturated rings. The summed E-state index contributed by atoms with van der Waals surface area (Å²) >= 11 is 0. The Labute approximate surface area is 171 Å². The summed E-state index contributed by atoms with van der Waals surface area (Å²) < 4.78 is 26.8. The van der Waals surface area contributed by atoms with Crippen LogP contribution in [0.5, 0.6) is 0 Å². The van der Waals surface area contributed by atoms with Crippen molar-refractivity contribution in [3.05, 3.63) is 71.8 Å². The van der Waals surface area contributed by atoms with Crippen LogP contribution < -0.4 is 10.0 Å². The number of para-hydroxylation sites is 1. The van der Waals surface area contributed by atoms with Gasteiger partial charge in [-0.25, -0.2) is 13.1 Å². The molecule has 0 heterocycles. The SMILES string of the molecule is C=CCNS(=O)(=O)c1cccc(C(=O)N(C)CC(=O)Nc2c(C)cccc2C)c1. The number of carbonyl (C=O) groups is 2. The smallest absolute Gasteiger partial charge is 0.254 e. The molecule has 8 heteroatoms. The first kappa shape index (κ1) is 22.3.